The van der Waals surface area contributed by atoms with Crippen molar-refractivity contribution in [2.75, 3.05) is 16.8 Å². The third-order valence-electron chi connectivity index (χ3n) is 2.21. The topological polar surface area (TPSA) is 24.9 Å². The van der Waals surface area contributed by atoms with Crippen LogP contribution in [0.2, 0.25) is 0 Å². The molecule has 1 heterocycles. The molecule has 0 bridgehead atoms. The van der Waals surface area contributed by atoms with E-state index >= 15 is 0 Å². The van der Waals surface area contributed by atoms with E-state index < -0.39 is 0 Å². The van der Waals surface area contributed by atoms with Crippen LogP contribution in [0.25, 0.3) is 0 Å². The molecule has 16 heavy (non-hydrogen) atoms. The van der Waals surface area contributed by atoms with Gasteiger partial charge in [0.25, 0.3) is 0 Å². The van der Waals surface area contributed by atoms with E-state index in [9.17, 15) is 0 Å². The lowest BCUT2D eigenvalue weighted by atomic mass is 10.2. The number of hydrogen-bond donors (Lipinski definition) is 1. The zero-order valence-electron chi connectivity index (χ0n) is 10.7. The number of thioether (sulfide) groups is 1. The van der Waals surface area contributed by atoms with Crippen molar-refractivity contribution >= 4 is 17.6 Å². The van der Waals surface area contributed by atoms with E-state index in [4.69, 9.17) is 0 Å². The maximum atomic E-state index is 4.34. The van der Waals surface area contributed by atoms with Crippen LogP contribution in [-0.2, 0) is 0 Å². The van der Waals surface area contributed by atoms with Crippen LogP contribution in [0, 0.1) is 12.8 Å². The van der Waals surface area contributed by atoms with Crippen LogP contribution in [0.5, 0.6) is 0 Å². The van der Waals surface area contributed by atoms with Gasteiger partial charge in [0, 0.05) is 18.0 Å². The summed E-state index contributed by atoms with van der Waals surface area (Å²) in [6.45, 7) is 8.81. The highest BCUT2D eigenvalue weighted by atomic mass is 32.2. The highest BCUT2D eigenvalue weighted by molar-refractivity contribution is 7.99. The molecule has 0 saturated carbocycles. The molecule has 0 amide bonds. The molecule has 0 aromatic carbocycles. The van der Waals surface area contributed by atoms with Crippen molar-refractivity contribution in [3.8, 4) is 0 Å². The molecule has 1 atom stereocenters. The molecule has 0 saturated heterocycles. The van der Waals surface area contributed by atoms with E-state index in [1.165, 1.54) is 11.3 Å². The van der Waals surface area contributed by atoms with E-state index in [-0.39, 0.29) is 0 Å². The average molecular weight is 238 g/mol. The van der Waals surface area contributed by atoms with Gasteiger partial charge in [0.15, 0.2) is 0 Å². The lowest BCUT2D eigenvalue weighted by molar-refractivity contribution is 0.748. The second-order valence-corrected chi connectivity index (χ2v) is 5.72. The van der Waals surface area contributed by atoms with E-state index in [2.05, 4.69) is 44.1 Å². The summed E-state index contributed by atoms with van der Waals surface area (Å²) in [5.74, 6) is 4.15. The highest BCUT2D eigenvalue weighted by Crippen LogP contribution is 2.14. The molecule has 0 aliphatic heterocycles. The third kappa shape index (κ3) is 4.88. The van der Waals surface area contributed by atoms with Gasteiger partial charge in [-0.25, -0.2) is 4.98 Å². The van der Waals surface area contributed by atoms with Gasteiger partial charge in [0.2, 0.25) is 0 Å². The Bertz CT molecular complexity index is 313. The molecule has 3 heteroatoms. The van der Waals surface area contributed by atoms with Crippen molar-refractivity contribution in [1.82, 2.24) is 4.98 Å². The highest BCUT2D eigenvalue weighted by Gasteiger charge is 2.05. The fourth-order valence-electron chi connectivity index (χ4n) is 1.39. The normalized spacial score (nSPS) is 12.8. The molecule has 0 aliphatic carbocycles. The van der Waals surface area contributed by atoms with Crippen molar-refractivity contribution in [3.05, 3.63) is 23.9 Å². The zero-order chi connectivity index (χ0) is 12.0. The van der Waals surface area contributed by atoms with Crippen LogP contribution < -0.4 is 5.32 Å². The standard InChI is InChI=1S/C13H22N2S/c1-10(2)8-16-9-12(4)15-13-11(3)6-5-7-14-13/h5-7,10,12H,8-9H2,1-4H3,(H,14,15). The molecule has 1 rings (SSSR count). The predicted octanol–water partition coefficient (Wildman–Crippen LogP) is 3.58. The predicted molar refractivity (Wildman–Crippen MR) is 74.2 cm³/mol. The Morgan fingerprint density at radius 3 is 2.69 bits per heavy atom. The van der Waals surface area contributed by atoms with Gasteiger partial charge in [-0.2, -0.15) is 11.8 Å². The van der Waals surface area contributed by atoms with Crippen molar-refractivity contribution in [2.45, 2.75) is 33.7 Å². The first kappa shape index (κ1) is 13.4. The number of nitrogens with one attached hydrogen (secondary N) is 1. The second kappa shape index (κ2) is 6.79. The Morgan fingerprint density at radius 1 is 1.31 bits per heavy atom. The summed E-state index contributed by atoms with van der Waals surface area (Å²) in [4.78, 5) is 4.34. The van der Waals surface area contributed by atoms with Gasteiger partial charge in [-0.15, -0.1) is 0 Å². The molecule has 1 N–H and O–H groups in total. The van der Waals surface area contributed by atoms with Crippen LogP contribution in [0.3, 0.4) is 0 Å². The fraction of sp³-hybridized carbons (Fsp3) is 0.615. The molecule has 0 fully saturated rings. The molecule has 90 valence electrons. The molecule has 1 aromatic heterocycles. The Hall–Kier alpha value is -0.700. The third-order valence-corrected chi connectivity index (χ3v) is 3.85. The maximum absolute atomic E-state index is 4.34. The number of hydrogen-bond acceptors (Lipinski definition) is 3. The summed E-state index contributed by atoms with van der Waals surface area (Å²) in [6, 6.07) is 4.53. The molecule has 0 radical (unpaired) electrons. The second-order valence-electron chi connectivity index (χ2n) is 4.65. The molecule has 0 spiro atoms. The molecule has 0 aliphatic rings. The van der Waals surface area contributed by atoms with Crippen LogP contribution in [0.1, 0.15) is 26.3 Å². The van der Waals surface area contributed by atoms with E-state index in [0.29, 0.717) is 6.04 Å². The van der Waals surface area contributed by atoms with Gasteiger partial charge in [-0.3, -0.25) is 0 Å². The summed E-state index contributed by atoms with van der Waals surface area (Å²) in [5, 5.41) is 3.45. The summed E-state index contributed by atoms with van der Waals surface area (Å²) in [7, 11) is 0. The fourth-order valence-corrected chi connectivity index (χ4v) is 2.44. The van der Waals surface area contributed by atoms with Gasteiger partial charge < -0.3 is 5.32 Å². The summed E-state index contributed by atoms with van der Waals surface area (Å²) in [6.07, 6.45) is 1.84. The summed E-state index contributed by atoms with van der Waals surface area (Å²) >= 11 is 2.00. The molecule has 1 aromatic rings. The first-order valence-corrected chi connectivity index (χ1v) is 7.01. The number of pyridine rings is 1. The number of nitrogens with zero attached hydrogens (tertiary/aromatic N) is 1. The Morgan fingerprint density at radius 2 is 2.06 bits per heavy atom. The number of aryl methyl sites for hydroxylation is 1. The lowest BCUT2D eigenvalue weighted by Crippen LogP contribution is -2.19. The van der Waals surface area contributed by atoms with E-state index in [1.807, 2.05) is 24.0 Å². The summed E-state index contributed by atoms with van der Waals surface area (Å²) in [5.41, 5.74) is 1.21. The smallest absolute Gasteiger partial charge is 0.129 e. The molecular weight excluding hydrogens is 216 g/mol. The van der Waals surface area contributed by atoms with Crippen molar-refractivity contribution in [3.63, 3.8) is 0 Å². The minimum atomic E-state index is 0.470. The number of aromatic nitrogens is 1. The monoisotopic (exact) mass is 238 g/mol. The molecule has 1 unspecified atom stereocenters. The lowest BCUT2D eigenvalue weighted by Gasteiger charge is -2.16. The van der Waals surface area contributed by atoms with Crippen LogP contribution in [0.15, 0.2) is 18.3 Å². The Labute approximate surface area is 103 Å². The van der Waals surface area contributed by atoms with Crippen LogP contribution in [-0.4, -0.2) is 22.5 Å². The maximum Gasteiger partial charge on any atom is 0.129 e. The van der Waals surface area contributed by atoms with E-state index in [0.717, 1.165) is 17.5 Å². The zero-order valence-corrected chi connectivity index (χ0v) is 11.5. The molecule has 2 nitrogen and oxygen atoms in total. The van der Waals surface area contributed by atoms with E-state index in [1.54, 1.807) is 0 Å². The van der Waals surface area contributed by atoms with Gasteiger partial charge in [-0.1, -0.05) is 19.9 Å². The largest absolute Gasteiger partial charge is 0.367 e. The minimum absolute atomic E-state index is 0.470. The Balaban J connectivity index is 2.34. The Kier molecular flexibility index (Phi) is 5.67. The van der Waals surface area contributed by atoms with Crippen molar-refractivity contribution in [1.29, 1.82) is 0 Å². The van der Waals surface area contributed by atoms with Gasteiger partial charge in [0.1, 0.15) is 5.82 Å². The quantitative estimate of drug-likeness (QED) is 0.820. The average Bonchev–Trinajstić information content (AvgIpc) is 2.21. The SMILES string of the molecule is Cc1cccnc1NC(C)CSCC(C)C. The van der Waals surface area contributed by atoms with Gasteiger partial charge in [0.05, 0.1) is 0 Å². The number of anilines is 1. The summed E-state index contributed by atoms with van der Waals surface area (Å²) < 4.78 is 0. The van der Waals surface area contributed by atoms with Gasteiger partial charge >= 0.3 is 0 Å². The number of rotatable bonds is 6. The van der Waals surface area contributed by atoms with Gasteiger partial charge in [-0.05, 0) is 37.1 Å². The van der Waals surface area contributed by atoms with Crippen LogP contribution >= 0.6 is 11.8 Å². The van der Waals surface area contributed by atoms with Crippen molar-refractivity contribution in [2.24, 2.45) is 5.92 Å². The van der Waals surface area contributed by atoms with Crippen LogP contribution in [0.4, 0.5) is 5.82 Å². The van der Waals surface area contributed by atoms with Crippen molar-refractivity contribution < 1.29 is 0 Å². The first-order valence-electron chi connectivity index (χ1n) is 5.85. The molecular formula is C13H22N2S. The first-order chi connectivity index (χ1) is 7.59. The minimum Gasteiger partial charge on any atom is -0.367 e.